The average Bonchev–Trinajstić information content (AvgIpc) is 3.45. The van der Waals surface area contributed by atoms with Crippen LogP contribution in [0.3, 0.4) is 0 Å². The number of nitrogens with zero attached hydrogens (tertiary/aromatic N) is 4. The van der Waals surface area contributed by atoms with Crippen LogP contribution in [0.1, 0.15) is 32.1 Å². The summed E-state index contributed by atoms with van der Waals surface area (Å²) in [6.45, 7) is 6.44. The molecule has 3 aromatic rings. The van der Waals surface area contributed by atoms with E-state index in [1.54, 1.807) is 0 Å². The third kappa shape index (κ3) is 3.33. The summed E-state index contributed by atoms with van der Waals surface area (Å²) >= 11 is 0. The lowest BCUT2D eigenvalue weighted by Gasteiger charge is -2.16. The Hall–Kier alpha value is -2.53. The van der Waals surface area contributed by atoms with Crippen molar-refractivity contribution in [2.24, 2.45) is 11.7 Å². The lowest BCUT2D eigenvalue weighted by molar-refractivity contribution is 0.494. The fraction of sp³-hybridized carbons (Fsp3) is 0.350. The fourth-order valence-corrected chi connectivity index (χ4v) is 3.14. The molecule has 4 rings (SSSR count). The summed E-state index contributed by atoms with van der Waals surface area (Å²) in [7, 11) is 0. The zero-order valence-electron chi connectivity index (χ0n) is 14.7. The summed E-state index contributed by atoms with van der Waals surface area (Å²) in [6, 6.07) is 10.3. The molecule has 1 unspecified atom stereocenters. The molecule has 1 aliphatic heterocycles. The van der Waals surface area contributed by atoms with Gasteiger partial charge in [-0.15, -0.1) is 0 Å². The van der Waals surface area contributed by atoms with Crippen LogP contribution >= 0.6 is 0 Å². The Morgan fingerprint density at radius 2 is 1.80 bits per heavy atom. The van der Waals surface area contributed by atoms with Crippen LogP contribution < -0.4 is 10.6 Å². The van der Waals surface area contributed by atoms with Gasteiger partial charge in [-0.1, -0.05) is 19.9 Å². The highest BCUT2D eigenvalue weighted by atomic mass is 15.3. The molecule has 0 spiro atoms. The fourth-order valence-electron chi connectivity index (χ4n) is 3.14. The average molecular weight is 333 g/mol. The zero-order valence-corrected chi connectivity index (χ0v) is 14.7. The Morgan fingerprint density at radius 3 is 2.48 bits per heavy atom. The number of hydrogen-bond donors (Lipinski definition) is 1. The maximum absolute atomic E-state index is 6.35. The molecule has 1 fully saturated rings. The standard InChI is InChI=1S/C20H23N5/c1-13(2)11-17(21)19-23-18-4-3-15(14-5-7-22-8-6-14)12-16(18)20(24-19)25-9-10-25/h3-8,12-13,17H,9-11,21H2,1-2H3. The summed E-state index contributed by atoms with van der Waals surface area (Å²) in [6.07, 6.45) is 4.52. The highest BCUT2D eigenvalue weighted by Gasteiger charge is 2.24. The van der Waals surface area contributed by atoms with E-state index in [4.69, 9.17) is 15.7 Å². The molecular weight excluding hydrogens is 310 g/mol. The summed E-state index contributed by atoms with van der Waals surface area (Å²) in [5, 5.41) is 1.09. The first-order chi connectivity index (χ1) is 12.1. The smallest absolute Gasteiger partial charge is 0.148 e. The number of hydrogen-bond acceptors (Lipinski definition) is 5. The van der Waals surface area contributed by atoms with Gasteiger partial charge in [0.05, 0.1) is 11.6 Å². The predicted molar refractivity (Wildman–Crippen MR) is 101 cm³/mol. The number of rotatable bonds is 5. The molecule has 1 aromatic carbocycles. The van der Waals surface area contributed by atoms with Crippen molar-refractivity contribution >= 4 is 16.7 Å². The van der Waals surface area contributed by atoms with Crippen LogP contribution in [0.25, 0.3) is 22.0 Å². The minimum atomic E-state index is -0.122. The van der Waals surface area contributed by atoms with Crippen LogP contribution in [0, 0.1) is 5.92 Å². The molecule has 1 saturated heterocycles. The van der Waals surface area contributed by atoms with Crippen LogP contribution in [-0.2, 0) is 0 Å². The highest BCUT2D eigenvalue weighted by Crippen LogP contribution is 2.32. The van der Waals surface area contributed by atoms with E-state index in [0.29, 0.717) is 5.92 Å². The van der Waals surface area contributed by atoms with Gasteiger partial charge in [0.1, 0.15) is 11.6 Å². The Morgan fingerprint density at radius 1 is 1.04 bits per heavy atom. The number of nitrogens with two attached hydrogens (primary N) is 1. The number of anilines is 1. The van der Waals surface area contributed by atoms with E-state index in [9.17, 15) is 0 Å². The summed E-state index contributed by atoms with van der Waals surface area (Å²) in [4.78, 5) is 16.0. The van der Waals surface area contributed by atoms with E-state index in [0.717, 1.165) is 53.2 Å². The van der Waals surface area contributed by atoms with Gasteiger partial charge in [-0.3, -0.25) is 4.98 Å². The van der Waals surface area contributed by atoms with Gasteiger partial charge in [-0.25, -0.2) is 9.97 Å². The number of pyridine rings is 1. The van der Waals surface area contributed by atoms with Gasteiger partial charge in [-0.2, -0.15) is 0 Å². The Balaban J connectivity index is 1.81. The second-order valence-electron chi connectivity index (χ2n) is 7.10. The van der Waals surface area contributed by atoms with Crippen LogP contribution in [-0.4, -0.2) is 28.0 Å². The van der Waals surface area contributed by atoms with Crippen LogP contribution in [0.15, 0.2) is 42.7 Å². The molecule has 2 aromatic heterocycles. The molecule has 2 N–H and O–H groups in total. The third-order valence-electron chi connectivity index (χ3n) is 4.51. The van der Waals surface area contributed by atoms with Gasteiger partial charge in [0.15, 0.2) is 0 Å². The molecule has 0 aliphatic carbocycles. The molecule has 5 nitrogen and oxygen atoms in total. The molecule has 0 radical (unpaired) electrons. The largest absolute Gasteiger partial charge is 0.352 e. The summed E-state index contributed by atoms with van der Waals surface area (Å²) in [5.41, 5.74) is 9.61. The number of benzene rings is 1. The number of fused-ring (bicyclic) bond motifs is 1. The Bertz CT molecular complexity index is 887. The van der Waals surface area contributed by atoms with Crippen LogP contribution in [0.4, 0.5) is 5.82 Å². The van der Waals surface area contributed by atoms with Crippen molar-refractivity contribution in [3.05, 3.63) is 48.5 Å². The second-order valence-corrected chi connectivity index (χ2v) is 7.10. The minimum Gasteiger partial charge on any atom is -0.352 e. The first-order valence-corrected chi connectivity index (χ1v) is 8.84. The van der Waals surface area contributed by atoms with Crippen molar-refractivity contribution in [1.82, 2.24) is 15.0 Å². The van der Waals surface area contributed by atoms with E-state index >= 15 is 0 Å². The quantitative estimate of drug-likeness (QED) is 0.723. The van der Waals surface area contributed by atoms with Crippen molar-refractivity contribution in [1.29, 1.82) is 0 Å². The van der Waals surface area contributed by atoms with Crippen molar-refractivity contribution in [3.63, 3.8) is 0 Å². The van der Waals surface area contributed by atoms with Gasteiger partial charge >= 0.3 is 0 Å². The van der Waals surface area contributed by atoms with Crippen LogP contribution in [0.5, 0.6) is 0 Å². The monoisotopic (exact) mass is 333 g/mol. The van der Waals surface area contributed by atoms with Crippen molar-refractivity contribution < 1.29 is 0 Å². The molecule has 0 amide bonds. The zero-order chi connectivity index (χ0) is 17.4. The molecule has 0 bridgehead atoms. The van der Waals surface area contributed by atoms with Gasteiger partial charge in [0.2, 0.25) is 0 Å². The molecule has 0 saturated carbocycles. The molecule has 128 valence electrons. The normalized spacial score (nSPS) is 15.0. The van der Waals surface area contributed by atoms with Crippen molar-refractivity contribution in [3.8, 4) is 11.1 Å². The Kier molecular flexibility index (Phi) is 4.09. The number of aromatic nitrogens is 3. The maximum atomic E-state index is 6.35. The lowest BCUT2D eigenvalue weighted by Crippen LogP contribution is -2.17. The lowest BCUT2D eigenvalue weighted by atomic mass is 10.0. The first kappa shape index (κ1) is 16.0. The maximum Gasteiger partial charge on any atom is 0.148 e. The van der Waals surface area contributed by atoms with Crippen molar-refractivity contribution in [2.45, 2.75) is 26.3 Å². The SMILES string of the molecule is CC(C)CC(N)c1nc(N2CC2)c2cc(-c3ccncc3)ccc2n1. The molecular formula is C20H23N5. The minimum absolute atomic E-state index is 0.122. The van der Waals surface area contributed by atoms with E-state index in [2.05, 4.69) is 41.9 Å². The topological polar surface area (TPSA) is 67.7 Å². The highest BCUT2D eigenvalue weighted by molar-refractivity contribution is 5.93. The van der Waals surface area contributed by atoms with Gasteiger partial charge < -0.3 is 10.6 Å². The van der Waals surface area contributed by atoms with E-state index in [1.165, 1.54) is 0 Å². The molecule has 1 atom stereocenters. The Labute approximate surface area is 147 Å². The van der Waals surface area contributed by atoms with Gasteiger partial charge in [0, 0.05) is 30.9 Å². The molecule has 1 aliphatic rings. The summed E-state index contributed by atoms with van der Waals surface area (Å²) in [5.74, 6) is 2.28. The summed E-state index contributed by atoms with van der Waals surface area (Å²) < 4.78 is 0. The third-order valence-corrected chi connectivity index (χ3v) is 4.51. The molecule has 5 heteroatoms. The van der Waals surface area contributed by atoms with Gasteiger partial charge in [-0.05, 0) is 47.7 Å². The van der Waals surface area contributed by atoms with E-state index in [-0.39, 0.29) is 6.04 Å². The second kappa shape index (κ2) is 6.41. The predicted octanol–water partition coefficient (Wildman–Crippen LogP) is 3.56. The van der Waals surface area contributed by atoms with E-state index < -0.39 is 0 Å². The molecule has 25 heavy (non-hydrogen) atoms. The van der Waals surface area contributed by atoms with Gasteiger partial charge in [0.25, 0.3) is 0 Å². The van der Waals surface area contributed by atoms with Crippen molar-refractivity contribution in [2.75, 3.05) is 18.0 Å². The van der Waals surface area contributed by atoms with E-state index in [1.807, 2.05) is 24.5 Å². The molecule has 3 heterocycles. The van der Waals surface area contributed by atoms with Crippen LogP contribution in [0.2, 0.25) is 0 Å². The first-order valence-electron chi connectivity index (χ1n) is 8.84.